The standard InChI is InChI=1S/C24H22N2O3/c27-24(21-12-20(21)19-6-2-1-3-7-19)26(15-18-5-4-10-25-13-18)14-17-8-9-22-23(11-17)29-16-28-22/h1-11,13,20-21H,12,14-16H2/t20-,21+/m0/s1. The summed E-state index contributed by atoms with van der Waals surface area (Å²) in [5.41, 5.74) is 3.30. The smallest absolute Gasteiger partial charge is 0.231 e. The van der Waals surface area contributed by atoms with E-state index in [4.69, 9.17) is 9.47 Å². The number of nitrogens with zero attached hydrogens (tertiary/aromatic N) is 2. The summed E-state index contributed by atoms with van der Waals surface area (Å²) in [6.45, 7) is 1.32. The molecule has 1 aliphatic heterocycles. The summed E-state index contributed by atoms with van der Waals surface area (Å²) >= 11 is 0. The van der Waals surface area contributed by atoms with E-state index in [0.29, 0.717) is 19.0 Å². The molecule has 1 aromatic heterocycles. The molecule has 2 heterocycles. The second-order valence-electron chi connectivity index (χ2n) is 7.60. The van der Waals surface area contributed by atoms with Crippen molar-refractivity contribution in [2.75, 3.05) is 6.79 Å². The van der Waals surface area contributed by atoms with Gasteiger partial charge in [-0.25, -0.2) is 0 Å². The van der Waals surface area contributed by atoms with E-state index in [-0.39, 0.29) is 18.6 Å². The first-order valence-corrected chi connectivity index (χ1v) is 9.89. The van der Waals surface area contributed by atoms with Gasteiger partial charge in [-0.1, -0.05) is 42.5 Å². The van der Waals surface area contributed by atoms with Crippen molar-refractivity contribution in [3.05, 3.63) is 89.7 Å². The summed E-state index contributed by atoms with van der Waals surface area (Å²) in [6, 6.07) is 20.1. The summed E-state index contributed by atoms with van der Waals surface area (Å²) in [5.74, 6) is 2.05. The summed E-state index contributed by atoms with van der Waals surface area (Å²) in [5, 5.41) is 0. The van der Waals surface area contributed by atoms with Crippen molar-refractivity contribution < 1.29 is 14.3 Å². The van der Waals surface area contributed by atoms with Crippen LogP contribution in [0.2, 0.25) is 0 Å². The summed E-state index contributed by atoms with van der Waals surface area (Å²) < 4.78 is 10.9. The quantitative estimate of drug-likeness (QED) is 0.639. The molecular formula is C24H22N2O3. The number of rotatable bonds is 6. The van der Waals surface area contributed by atoms with Gasteiger partial charge in [0.2, 0.25) is 12.7 Å². The zero-order chi connectivity index (χ0) is 19.6. The molecule has 2 aliphatic rings. The molecular weight excluding hydrogens is 364 g/mol. The second-order valence-corrected chi connectivity index (χ2v) is 7.60. The van der Waals surface area contributed by atoms with Crippen LogP contribution in [0.5, 0.6) is 11.5 Å². The lowest BCUT2D eigenvalue weighted by molar-refractivity contribution is -0.134. The van der Waals surface area contributed by atoms with E-state index in [0.717, 1.165) is 29.0 Å². The number of fused-ring (bicyclic) bond motifs is 1. The first kappa shape index (κ1) is 17.7. The molecule has 0 saturated heterocycles. The normalized spacial score (nSPS) is 19.0. The summed E-state index contributed by atoms with van der Waals surface area (Å²) in [6.07, 6.45) is 4.48. The van der Waals surface area contributed by atoms with Gasteiger partial charge in [-0.2, -0.15) is 0 Å². The molecule has 1 saturated carbocycles. The highest BCUT2D eigenvalue weighted by molar-refractivity contribution is 5.83. The zero-order valence-electron chi connectivity index (χ0n) is 16.0. The first-order chi connectivity index (χ1) is 14.3. The van der Waals surface area contributed by atoms with Crippen molar-refractivity contribution >= 4 is 5.91 Å². The third-order valence-electron chi connectivity index (χ3n) is 5.55. The number of carbonyl (C=O) groups excluding carboxylic acids is 1. The number of amides is 1. The van der Waals surface area contributed by atoms with E-state index >= 15 is 0 Å². The maximum Gasteiger partial charge on any atom is 0.231 e. The van der Waals surface area contributed by atoms with Crippen molar-refractivity contribution in [3.63, 3.8) is 0 Å². The second kappa shape index (κ2) is 7.59. The molecule has 29 heavy (non-hydrogen) atoms. The fourth-order valence-electron chi connectivity index (χ4n) is 3.95. The molecule has 5 nitrogen and oxygen atoms in total. The Morgan fingerprint density at radius 1 is 0.966 bits per heavy atom. The molecule has 0 radical (unpaired) electrons. The average molecular weight is 386 g/mol. The number of carbonyl (C=O) groups is 1. The molecule has 0 bridgehead atoms. The Morgan fingerprint density at radius 3 is 2.62 bits per heavy atom. The lowest BCUT2D eigenvalue weighted by Crippen LogP contribution is -2.31. The first-order valence-electron chi connectivity index (χ1n) is 9.89. The zero-order valence-corrected chi connectivity index (χ0v) is 16.0. The van der Waals surface area contributed by atoms with Crippen LogP contribution in [-0.4, -0.2) is 22.6 Å². The van der Waals surface area contributed by atoms with Crippen LogP contribution in [0.1, 0.15) is 29.0 Å². The van der Waals surface area contributed by atoms with Crippen molar-refractivity contribution in [1.29, 1.82) is 0 Å². The lowest BCUT2D eigenvalue weighted by Gasteiger charge is -2.23. The molecule has 1 fully saturated rings. The van der Waals surface area contributed by atoms with Gasteiger partial charge in [-0.05, 0) is 47.2 Å². The summed E-state index contributed by atoms with van der Waals surface area (Å²) in [7, 11) is 0. The maximum absolute atomic E-state index is 13.4. The van der Waals surface area contributed by atoms with Crippen LogP contribution in [0.15, 0.2) is 73.1 Å². The van der Waals surface area contributed by atoms with Crippen molar-refractivity contribution in [3.8, 4) is 11.5 Å². The Hall–Kier alpha value is -3.34. The average Bonchev–Trinajstić information content (AvgIpc) is 3.44. The molecule has 0 N–H and O–H groups in total. The molecule has 2 atom stereocenters. The lowest BCUT2D eigenvalue weighted by atomic mass is 10.1. The molecule has 3 aromatic rings. The fraction of sp³-hybridized carbons (Fsp3) is 0.250. The number of ether oxygens (including phenoxy) is 2. The van der Waals surface area contributed by atoms with Crippen molar-refractivity contribution in [2.24, 2.45) is 5.92 Å². The monoisotopic (exact) mass is 386 g/mol. The van der Waals surface area contributed by atoms with E-state index in [1.165, 1.54) is 5.56 Å². The Labute approximate surface area is 169 Å². The van der Waals surface area contributed by atoms with Gasteiger partial charge in [0, 0.05) is 31.4 Å². The van der Waals surface area contributed by atoms with Gasteiger partial charge < -0.3 is 14.4 Å². The SMILES string of the molecule is O=C([C@@H]1C[C@H]1c1ccccc1)N(Cc1cccnc1)Cc1ccc2c(c1)OCO2. The summed E-state index contributed by atoms with van der Waals surface area (Å²) in [4.78, 5) is 19.5. The van der Waals surface area contributed by atoms with Crippen molar-refractivity contribution in [2.45, 2.75) is 25.4 Å². The molecule has 1 amide bonds. The van der Waals surface area contributed by atoms with E-state index in [1.54, 1.807) is 6.20 Å². The van der Waals surface area contributed by atoms with Crippen LogP contribution in [-0.2, 0) is 17.9 Å². The van der Waals surface area contributed by atoms with Gasteiger partial charge in [0.15, 0.2) is 11.5 Å². The van der Waals surface area contributed by atoms with Gasteiger partial charge >= 0.3 is 0 Å². The van der Waals surface area contributed by atoms with Crippen LogP contribution < -0.4 is 9.47 Å². The van der Waals surface area contributed by atoms with Crippen LogP contribution in [0, 0.1) is 5.92 Å². The number of benzene rings is 2. The number of hydrogen-bond acceptors (Lipinski definition) is 4. The molecule has 2 aromatic carbocycles. The predicted octanol–water partition coefficient (Wildman–Crippen LogP) is 4.14. The van der Waals surface area contributed by atoms with E-state index in [2.05, 4.69) is 17.1 Å². The third-order valence-corrected chi connectivity index (χ3v) is 5.55. The molecule has 5 heteroatoms. The molecule has 0 spiro atoms. The highest BCUT2D eigenvalue weighted by Gasteiger charge is 2.45. The predicted molar refractivity (Wildman–Crippen MR) is 108 cm³/mol. The Bertz CT molecular complexity index is 1010. The minimum Gasteiger partial charge on any atom is -0.454 e. The van der Waals surface area contributed by atoms with Gasteiger partial charge in [0.05, 0.1) is 0 Å². The largest absolute Gasteiger partial charge is 0.454 e. The van der Waals surface area contributed by atoms with E-state index in [9.17, 15) is 4.79 Å². The van der Waals surface area contributed by atoms with E-state index in [1.807, 2.05) is 59.6 Å². The highest BCUT2D eigenvalue weighted by Crippen LogP contribution is 2.48. The number of hydrogen-bond donors (Lipinski definition) is 0. The van der Waals surface area contributed by atoms with Crippen molar-refractivity contribution in [1.82, 2.24) is 9.88 Å². The minimum atomic E-state index is 0.0445. The minimum absolute atomic E-state index is 0.0445. The van der Waals surface area contributed by atoms with E-state index < -0.39 is 0 Å². The van der Waals surface area contributed by atoms with Gasteiger partial charge in [0.25, 0.3) is 0 Å². The van der Waals surface area contributed by atoms with Gasteiger partial charge in [0.1, 0.15) is 0 Å². The molecule has 5 rings (SSSR count). The number of aromatic nitrogens is 1. The molecule has 146 valence electrons. The van der Waals surface area contributed by atoms with Crippen LogP contribution in [0.4, 0.5) is 0 Å². The fourth-order valence-corrected chi connectivity index (χ4v) is 3.95. The topological polar surface area (TPSA) is 51.7 Å². The Kier molecular flexibility index (Phi) is 4.64. The Balaban J connectivity index is 1.36. The van der Waals surface area contributed by atoms with Crippen LogP contribution >= 0.6 is 0 Å². The highest BCUT2D eigenvalue weighted by atomic mass is 16.7. The van der Waals surface area contributed by atoms with Gasteiger partial charge in [-0.15, -0.1) is 0 Å². The maximum atomic E-state index is 13.4. The molecule has 0 unspecified atom stereocenters. The van der Waals surface area contributed by atoms with Gasteiger partial charge in [-0.3, -0.25) is 9.78 Å². The van der Waals surface area contributed by atoms with Crippen LogP contribution in [0.3, 0.4) is 0 Å². The Morgan fingerprint density at radius 2 is 1.79 bits per heavy atom. The third kappa shape index (κ3) is 3.81. The van der Waals surface area contributed by atoms with Crippen LogP contribution in [0.25, 0.3) is 0 Å². The number of pyridine rings is 1. The molecule has 1 aliphatic carbocycles.